The summed E-state index contributed by atoms with van der Waals surface area (Å²) in [5.74, 6) is 0.690. The van der Waals surface area contributed by atoms with Crippen molar-refractivity contribution in [1.29, 1.82) is 0 Å². The van der Waals surface area contributed by atoms with E-state index in [1.165, 1.54) is 12.1 Å². The molecule has 1 saturated heterocycles. The van der Waals surface area contributed by atoms with Crippen LogP contribution in [0.2, 0.25) is 0 Å². The van der Waals surface area contributed by atoms with E-state index in [2.05, 4.69) is 26.2 Å². The predicted octanol–water partition coefficient (Wildman–Crippen LogP) is 3.06. The number of piperazine rings is 1. The Hall–Kier alpha value is -2.23. The fraction of sp³-hybridized carbons (Fsp3) is 0.350. The molecule has 2 N–H and O–H groups in total. The summed E-state index contributed by atoms with van der Waals surface area (Å²) in [6.45, 7) is 3.87. The zero-order valence-electron chi connectivity index (χ0n) is 16.1. The summed E-state index contributed by atoms with van der Waals surface area (Å²) < 4.78 is 18.8. The van der Waals surface area contributed by atoms with Crippen LogP contribution < -0.4 is 15.0 Å². The van der Waals surface area contributed by atoms with Crippen LogP contribution in [0.4, 0.5) is 10.1 Å². The molecule has 1 fully saturated rings. The highest BCUT2D eigenvalue weighted by molar-refractivity contribution is 14.0. The van der Waals surface area contributed by atoms with E-state index in [0.717, 1.165) is 49.1 Å². The standard InChI is InChI=1S/C20H25FN4O2.HI/c1-22-20(23-14-15-6-7-19(26)18(21)12-15)25-10-8-24(9-11-25)16-4-3-5-17(13-16)27-2;/h3-7,12-13,26H,8-11,14H2,1-2H3,(H,22,23);1H. The summed E-state index contributed by atoms with van der Waals surface area (Å²) in [4.78, 5) is 8.85. The minimum Gasteiger partial charge on any atom is -0.505 e. The molecule has 1 aliphatic rings. The van der Waals surface area contributed by atoms with Gasteiger partial charge in [0.05, 0.1) is 7.11 Å². The number of phenolic OH excluding ortho intramolecular Hbond substituents is 1. The molecule has 6 nitrogen and oxygen atoms in total. The average Bonchev–Trinajstić information content (AvgIpc) is 2.71. The van der Waals surface area contributed by atoms with Crippen molar-refractivity contribution in [2.45, 2.75) is 6.54 Å². The summed E-state index contributed by atoms with van der Waals surface area (Å²) >= 11 is 0. The smallest absolute Gasteiger partial charge is 0.194 e. The van der Waals surface area contributed by atoms with Gasteiger partial charge in [-0.1, -0.05) is 12.1 Å². The Morgan fingerprint density at radius 1 is 1.18 bits per heavy atom. The molecule has 0 unspecified atom stereocenters. The first-order valence-electron chi connectivity index (χ1n) is 8.92. The van der Waals surface area contributed by atoms with Gasteiger partial charge in [0.1, 0.15) is 5.75 Å². The number of nitrogens with zero attached hydrogens (tertiary/aromatic N) is 3. The lowest BCUT2D eigenvalue weighted by Gasteiger charge is -2.37. The monoisotopic (exact) mass is 500 g/mol. The predicted molar refractivity (Wildman–Crippen MR) is 120 cm³/mol. The van der Waals surface area contributed by atoms with Crippen LogP contribution in [0.5, 0.6) is 11.5 Å². The first kappa shape index (κ1) is 22.1. The first-order valence-corrected chi connectivity index (χ1v) is 8.92. The zero-order valence-corrected chi connectivity index (χ0v) is 18.4. The summed E-state index contributed by atoms with van der Waals surface area (Å²) in [6.07, 6.45) is 0. The Labute approximate surface area is 182 Å². The lowest BCUT2D eigenvalue weighted by atomic mass is 10.2. The number of phenols is 1. The minimum atomic E-state index is -0.615. The number of benzene rings is 2. The molecule has 8 heteroatoms. The summed E-state index contributed by atoms with van der Waals surface area (Å²) in [6, 6.07) is 12.5. The molecule has 0 aromatic heterocycles. The van der Waals surface area contributed by atoms with Gasteiger partial charge in [-0.05, 0) is 29.8 Å². The summed E-state index contributed by atoms with van der Waals surface area (Å²) in [7, 11) is 3.42. The highest BCUT2D eigenvalue weighted by atomic mass is 127. The van der Waals surface area contributed by atoms with E-state index in [9.17, 15) is 9.50 Å². The highest BCUT2D eigenvalue weighted by Crippen LogP contribution is 2.22. The fourth-order valence-corrected chi connectivity index (χ4v) is 3.16. The van der Waals surface area contributed by atoms with Gasteiger partial charge in [0.25, 0.3) is 0 Å². The highest BCUT2D eigenvalue weighted by Gasteiger charge is 2.20. The number of anilines is 1. The van der Waals surface area contributed by atoms with E-state index in [4.69, 9.17) is 4.74 Å². The van der Waals surface area contributed by atoms with Crippen molar-refractivity contribution in [3.05, 3.63) is 53.8 Å². The van der Waals surface area contributed by atoms with Crippen molar-refractivity contribution >= 4 is 35.6 Å². The van der Waals surface area contributed by atoms with Crippen LogP contribution in [-0.4, -0.2) is 56.3 Å². The van der Waals surface area contributed by atoms with Gasteiger partial charge < -0.3 is 25.0 Å². The molecule has 28 heavy (non-hydrogen) atoms. The number of halogens is 2. The van der Waals surface area contributed by atoms with Gasteiger partial charge in [-0.2, -0.15) is 0 Å². The van der Waals surface area contributed by atoms with E-state index in [1.54, 1.807) is 20.2 Å². The number of hydrogen-bond acceptors (Lipinski definition) is 4. The molecule has 0 atom stereocenters. The number of aliphatic imine (C=N–C) groups is 1. The second-order valence-electron chi connectivity index (χ2n) is 6.36. The molecule has 1 aliphatic heterocycles. The molecular formula is C20H26FIN4O2. The Bertz CT molecular complexity index is 811. The summed E-state index contributed by atoms with van der Waals surface area (Å²) in [5.41, 5.74) is 1.90. The molecule has 0 amide bonds. The molecule has 0 spiro atoms. The van der Waals surface area contributed by atoms with Gasteiger partial charge in [-0.15, -0.1) is 24.0 Å². The van der Waals surface area contributed by atoms with Crippen LogP contribution in [0.1, 0.15) is 5.56 Å². The van der Waals surface area contributed by atoms with E-state index >= 15 is 0 Å². The number of methoxy groups -OCH3 is 1. The number of aromatic hydroxyl groups is 1. The lowest BCUT2D eigenvalue weighted by molar-refractivity contribution is 0.371. The number of ether oxygens (including phenoxy) is 1. The van der Waals surface area contributed by atoms with Crippen LogP contribution in [0.3, 0.4) is 0 Å². The molecular weight excluding hydrogens is 474 g/mol. The van der Waals surface area contributed by atoms with Gasteiger partial charge in [-0.3, -0.25) is 4.99 Å². The minimum absolute atomic E-state index is 0. The van der Waals surface area contributed by atoms with Crippen molar-refractivity contribution in [3.8, 4) is 11.5 Å². The van der Waals surface area contributed by atoms with Crippen molar-refractivity contribution in [2.24, 2.45) is 4.99 Å². The topological polar surface area (TPSA) is 60.3 Å². The fourth-order valence-electron chi connectivity index (χ4n) is 3.16. The van der Waals surface area contributed by atoms with Crippen LogP contribution in [0.25, 0.3) is 0 Å². The van der Waals surface area contributed by atoms with Gasteiger partial charge in [0.2, 0.25) is 0 Å². The van der Waals surface area contributed by atoms with Gasteiger partial charge in [-0.25, -0.2) is 4.39 Å². The first-order chi connectivity index (χ1) is 13.1. The van der Waals surface area contributed by atoms with Crippen LogP contribution in [-0.2, 0) is 6.54 Å². The molecule has 0 bridgehead atoms. The zero-order chi connectivity index (χ0) is 19.2. The van der Waals surface area contributed by atoms with Crippen molar-refractivity contribution in [2.75, 3.05) is 45.2 Å². The van der Waals surface area contributed by atoms with Crippen LogP contribution >= 0.6 is 24.0 Å². The lowest BCUT2D eigenvalue weighted by Crippen LogP contribution is -2.52. The van der Waals surface area contributed by atoms with Crippen molar-refractivity contribution in [1.82, 2.24) is 10.2 Å². The number of rotatable bonds is 4. The van der Waals surface area contributed by atoms with Gasteiger partial charge in [0.15, 0.2) is 17.5 Å². The molecule has 3 rings (SSSR count). The molecule has 152 valence electrons. The molecule has 1 heterocycles. The van der Waals surface area contributed by atoms with E-state index < -0.39 is 5.82 Å². The Kier molecular flexibility index (Phi) is 8.16. The Balaban J connectivity index is 0.00000280. The second-order valence-corrected chi connectivity index (χ2v) is 6.36. The largest absolute Gasteiger partial charge is 0.505 e. The maximum atomic E-state index is 13.5. The van der Waals surface area contributed by atoms with Crippen molar-refractivity contribution < 1.29 is 14.2 Å². The average molecular weight is 500 g/mol. The SMILES string of the molecule is CN=C(NCc1ccc(O)c(F)c1)N1CCN(c2cccc(OC)c2)CC1.I. The molecule has 2 aromatic carbocycles. The van der Waals surface area contributed by atoms with E-state index in [-0.39, 0.29) is 29.7 Å². The quantitative estimate of drug-likeness (QED) is 0.384. The third-order valence-electron chi connectivity index (χ3n) is 4.67. The Morgan fingerprint density at radius 2 is 1.93 bits per heavy atom. The summed E-state index contributed by atoms with van der Waals surface area (Å²) in [5, 5.41) is 12.5. The molecule has 2 aromatic rings. The van der Waals surface area contributed by atoms with Gasteiger partial charge >= 0.3 is 0 Å². The van der Waals surface area contributed by atoms with Crippen LogP contribution in [0.15, 0.2) is 47.5 Å². The second kappa shape index (κ2) is 10.4. The third kappa shape index (κ3) is 5.40. The van der Waals surface area contributed by atoms with E-state index in [0.29, 0.717) is 6.54 Å². The third-order valence-corrected chi connectivity index (χ3v) is 4.67. The Morgan fingerprint density at radius 3 is 2.57 bits per heavy atom. The molecule has 0 aliphatic carbocycles. The normalized spacial score (nSPS) is 14.5. The van der Waals surface area contributed by atoms with Crippen molar-refractivity contribution in [3.63, 3.8) is 0 Å². The number of hydrogen-bond donors (Lipinski definition) is 2. The van der Waals surface area contributed by atoms with Crippen LogP contribution in [0, 0.1) is 5.82 Å². The number of guanidine groups is 1. The van der Waals surface area contributed by atoms with E-state index in [1.807, 2.05) is 18.2 Å². The molecule has 0 saturated carbocycles. The maximum absolute atomic E-state index is 13.5. The number of nitrogens with one attached hydrogen (secondary N) is 1. The molecule has 0 radical (unpaired) electrons. The van der Waals surface area contributed by atoms with Gasteiger partial charge in [0, 0.05) is 51.5 Å². The maximum Gasteiger partial charge on any atom is 0.194 e.